The molecule has 0 bridgehead atoms. The van der Waals surface area contributed by atoms with Gasteiger partial charge >= 0.3 is 5.97 Å². The average molecular weight is 186 g/mol. The van der Waals surface area contributed by atoms with Crippen molar-refractivity contribution in [2.24, 2.45) is 5.73 Å². The van der Waals surface area contributed by atoms with Crippen molar-refractivity contribution in [1.82, 2.24) is 5.32 Å². The van der Waals surface area contributed by atoms with Crippen LogP contribution in [0.4, 0.5) is 0 Å². The standard InChI is InChI=1S/C9H18N2O2/c1-9(10,6-8(12)13)7-4-2-3-5-11-7/h7,11H,2-6,10H2,1H3,(H,12,13). The number of aliphatic carboxylic acids is 1. The van der Waals surface area contributed by atoms with Crippen LogP contribution in [0.15, 0.2) is 0 Å². The molecule has 1 fully saturated rings. The topological polar surface area (TPSA) is 75.4 Å². The van der Waals surface area contributed by atoms with E-state index >= 15 is 0 Å². The summed E-state index contributed by atoms with van der Waals surface area (Å²) in [6.07, 6.45) is 3.33. The minimum atomic E-state index is -0.822. The normalized spacial score (nSPS) is 28.0. The lowest BCUT2D eigenvalue weighted by molar-refractivity contribution is -0.138. The minimum absolute atomic E-state index is 0.0324. The smallest absolute Gasteiger partial charge is 0.305 e. The lowest BCUT2D eigenvalue weighted by Gasteiger charge is -2.36. The molecule has 1 aliphatic heterocycles. The Morgan fingerprint density at radius 1 is 1.69 bits per heavy atom. The molecule has 0 aromatic rings. The van der Waals surface area contributed by atoms with E-state index in [0.717, 1.165) is 19.4 Å². The molecular weight excluding hydrogens is 168 g/mol. The van der Waals surface area contributed by atoms with Crippen molar-refractivity contribution in [3.05, 3.63) is 0 Å². The first kappa shape index (κ1) is 10.5. The second-order valence-electron chi connectivity index (χ2n) is 4.08. The van der Waals surface area contributed by atoms with Crippen LogP contribution in [0.5, 0.6) is 0 Å². The third-order valence-electron chi connectivity index (χ3n) is 2.64. The average Bonchev–Trinajstić information content (AvgIpc) is 2.04. The highest BCUT2D eigenvalue weighted by Gasteiger charge is 2.32. The highest BCUT2D eigenvalue weighted by Crippen LogP contribution is 2.19. The molecule has 0 spiro atoms. The summed E-state index contributed by atoms with van der Waals surface area (Å²) in [5.41, 5.74) is 5.33. The van der Waals surface area contributed by atoms with Gasteiger partial charge in [0, 0.05) is 11.6 Å². The van der Waals surface area contributed by atoms with Gasteiger partial charge in [0.05, 0.1) is 6.42 Å². The quantitative estimate of drug-likeness (QED) is 0.593. The highest BCUT2D eigenvalue weighted by atomic mass is 16.4. The number of carbonyl (C=O) groups is 1. The minimum Gasteiger partial charge on any atom is -0.481 e. The monoisotopic (exact) mass is 186 g/mol. The second kappa shape index (κ2) is 4.07. The van der Waals surface area contributed by atoms with E-state index in [1.54, 1.807) is 0 Å². The molecule has 1 saturated heterocycles. The summed E-state index contributed by atoms with van der Waals surface area (Å²) >= 11 is 0. The van der Waals surface area contributed by atoms with E-state index in [1.165, 1.54) is 6.42 Å². The van der Waals surface area contributed by atoms with E-state index in [1.807, 2.05) is 6.92 Å². The van der Waals surface area contributed by atoms with E-state index in [-0.39, 0.29) is 12.5 Å². The Balaban J connectivity index is 2.50. The maximum Gasteiger partial charge on any atom is 0.305 e. The molecule has 1 aliphatic rings. The van der Waals surface area contributed by atoms with Crippen LogP contribution in [0, 0.1) is 0 Å². The first-order valence-corrected chi connectivity index (χ1v) is 4.76. The van der Waals surface area contributed by atoms with Crippen LogP contribution in [-0.4, -0.2) is 29.2 Å². The van der Waals surface area contributed by atoms with Crippen molar-refractivity contribution in [2.45, 2.75) is 44.2 Å². The van der Waals surface area contributed by atoms with Crippen LogP contribution in [0.3, 0.4) is 0 Å². The number of piperidine rings is 1. The largest absolute Gasteiger partial charge is 0.481 e. The zero-order valence-corrected chi connectivity index (χ0v) is 8.05. The Labute approximate surface area is 78.5 Å². The molecule has 2 unspecified atom stereocenters. The predicted molar refractivity (Wildman–Crippen MR) is 50.5 cm³/mol. The summed E-state index contributed by atoms with van der Waals surface area (Å²) < 4.78 is 0. The molecule has 4 N–H and O–H groups in total. The van der Waals surface area contributed by atoms with E-state index in [9.17, 15) is 4.79 Å². The van der Waals surface area contributed by atoms with Gasteiger partial charge in [0.1, 0.15) is 0 Å². The van der Waals surface area contributed by atoms with Gasteiger partial charge in [-0.25, -0.2) is 0 Å². The number of nitrogens with one attached hydrogen (secondary N) is 1. The van der Waals surface area contributed by atoms with E-state index in [4.69, 9.17) is 10.8 Å². The van der Waals surface area contributed by atoms with Gasteiger partial charge in [0.2, 0.25) is 0 Å². The Hall–Kier alpha value is -0.610. The zero-order valence-electron chi connectivity index (χ0n) is 8.05. The van der Waals surface area contributed by atoms with Crippen molar-refractivity contribution in [1.29, 1.82) is 0 Å². The predicted octanol–water partition coefficient (Wildman–Crippen LogP) is 0.321. The summed E-state index contributed by atoms with van der Waals surface area (Å²) in [7, 11) is 0. The van der Waals surface area contributed by atoms with Gasteiger partial charge in [-0.15, -0.1) is 0 Å². The number of carboxylic acids is 1. The third-order valence-corrected chi connectivity index (χ3v) is 2.64. The molecule has 0 saturated carbocycles. The molecule has 4 nitrogen and oxygen atoms in total. The van der Waals surface area contributed by atoms with Crippen molar-refractivity contribution in [3.8, 4) is 0 Å². The Kier molecular flexibility index (Phi) is 3.27. The summed E-state index contributed by atoms with van der Waals surface area (Å²) in [4.78, 5) is 10.5. The van der Waals surface area contributed by atoms with Crippen molar-refractivity contribution in [2.75, 3.05) is 6.54 Å². The lowest BCUT2D eigenvalue weighted by Crippen LogP contribution is -2.57. The van der Waals surface area contributed by atoms with Gasteiger partial charge in [0.25, 0.3) is 0 Å². The molecular formula is C9H18N2O2. The zero-order chi connectivity index (χ0) is 9.90. The lowest BCUT2D eigenvalue weighted by atomic mass is 9.84. The molecule has 1 rings (SSSR count). The first-order valence-electron chi connectivity index (χ1n) is 4.76. The van der Waals surface area contributed by atoms with Crippen molar-refractivity contribution in [3.63, 3.8) is 0 Å². The van der Waals surface area contributed by atoms with Crippen molar-refractivity contribution >= 4 is 5.97 Å². The van der Waals surface area contributed by atoms with Gasteiger partial charge in [-0.2, -0.15) is 0 Å². The molecule has 0 aromatic heterocycles. The second-order valence-corrected chi connectivity index (χ2v) is 4.08. The highest BCUT2D eigenvalue weighted by molar-refractivity contribution is 5.68. The molecule has 1 heterocycles. The molecule has 76 valence electrons. The summed E-state index contributed by atoms with van der Waals surface area (Å²) in [5, 5.41) is 11.9. The van der Waals surface area contributed by atoms with Crippen LogP contribution >= 0.6 is 0 Å². The van der Waals surface area contributed by atoms with Gasteiger partial charge in [-0.05, 0) is 26.3 Å². The Morgan fingerprint density at radius 2 is 2.38 bits per heavy atom. The number of hydrogen-bond donors (Lipinski definition) is 3. The molecule has 0 amide bonds. The number of rotatable bonds is 3. The summed E-state index contributed by atoms with van der Waals surface area (Å²) in [5.74, 6) is -0.822. The van der Waals surface area contributed by atoms with E-state index in [0.29, 0.717) is 0 Å². The molecule has 0 radical (unpaired) electrons. The third kappa shape index (κ3) is 2.97. The van der Waals surface area contributed by atoms with Crippen LogP contribution < -0.4 is 11.1 Å². The van der Waals surface area contributed by atoms with Gasteiger partial charge in [-0.1, -0.05) is 6.42 Å². The summed E-state index contributed by atoms with van der Waals surface area (Å²) in [6, 6.07) is 0.150. The van der Waals surface area contributed by atoms with Gasteiger partial charge < -0.3 is 16.2 Å². The summed E-state index contributed by atoms with van der Waals surface area (Å²) in [6.45, 7) is 2.77. The van der Waals surface area contributed by atoms with Crippen LogP contribution in [0.25, 0.3) is 0 Å². The number of hydrogen-bond acceptors (Lipinski definition) is 3. The first-order chi connectivity index (χ1) is 6.02. The molecule has 0 aliphatic carbocycles. The van der Waals surface area contributed by atoms with Gasteiger partial charge in [-0.3, -0.25) is 4.79 Å². The Morgan fingerprint density at radius 3 is 2.85 bits per heavy atom. The molecule has 0 aromatic carbocycles. The van der Waals surface area contributed by atoms with Crippen LogP contribution in [0.2, 0.25) is 0 Å². The molecule has 4 heteroatoms. The SMILES string of the molecule is CC(N)(CC(=O)O)C1CCCCN1. The van der Waals surface area contributed by atoms with E-state index < -0.39 is 11.5 Å². The Bertz CT molecular complexity index is 186. The van der Waals surface area contributed by atoms with Crippen LogP contribution in [0.1, 0.15) is 32.6 Å². The molecule has 2 atom stereocenters. The number of carboxylic acid groups (broad SMARTS) is 1. The van der Waals surface area contributed by atoms with Gasteiger partial charge in [0.15, 0.2) is 0 Å². The fraction of sp³-hybridized carbons (Fsp3) is 0.889. The maximum absolute atomic E-state index is 10.5. The fourth-order valence-electron chi connectivity index (χ4n) is 1.86. The maximum atomic E-state index is 10.5. The van der Waals surface area contributed by atoms with Crippen molar-refractivity contribution < 1.29 is 9.90 Å². The fourth-order valence-corrected chi connectivity index (χ4v) is 1.86. The van der Waals surface area contributed by atoms with Crippen LogP contribution in [-0.2, 0) is 4.79 Å². The molecule has 13 heavy (non-hydrogen) atoms. The number of nitrogens with two attached hydrogens (primary N) is 1. The van der Waals surface area contributed by atoms with E-state index in [2.05, 4.69) is 5.32 Å².